The van der Waals surface area contributed by atoms with E-state index >= 15 is 0 Å². The number of rotatable bonds is 2. The molecule has 0 fully saturated rings. The molecule has 14 heavy (non-hydrogen) atoms. The minimum atomic E-state index is -0.939. The van der Waals surface area contributed by atoms with E-state index in [1.54, 1.807) is 12.1 Å². The molecule has 0 aliphatic rings. The van der Waals surface area contributed by atoms with Crippen molar-refractivity contribution >= 4 is 11.8 Å². The molecule has 2 N–H and O–H groups in total. The van der Waals surface area contributed by atoms with E-state index in [-0.39, 0.29) is 114 Å². The summed E-state index contributed by atoms with van der Waals surface area (Å²) in [7, 11) is 0. The number of carbonyl (C=O) groups excluding carboxylic acids is 2. The molecule has 6 heteroatoms. The van der Waals surface area contributed by atoms with Crippen molar-refractivity contribution in [2.45, 2.75) is 0 Å². The fraction of sp³-hybridized carbons (Fsp3) is 0. The molecule has 0 aliphatic carbocycles. The topological polar surface area (TPSA) is 81.7 Å². The molecule has 0 saturated carbocycles. The van der Waals surface area contributed by atoms with Crippen LogP contribution in [-0.4, -0.2) is 11.8 Å². The maximum Gasteiger partial charge on any atom is 1.00 e. The van der Waals surface area contributed by atoms with Crippen LogP contribution >= 0.6 is 0 Å². The van der Waals surface area contributed by atoms with Crippen molar-refractivity contribution < 1.29 is 112 Å². The Morgan fingerprint density at radius 2 is 1.14 bits per heavy atom. The summed E-state index contributed by atoms with van der Waals surface area (Å²) in [6.45, 7) is 0. The molecular weight excluding hydrogens is 234 g/mol. The Morgan fingerprint density at radius 1 is 0.857 bits per heavy atom. The summed E-state index contributed by atoms with van der Waals surface area (Å²) in [5.74, 6) is -1.88. The van der Waals surface area contributed by atoms with Crippen LogP contribution in [0.1, 0.15) is 20.7 Å². The van der Waals surface area contributed by atoms with Crippen LogP contribution < -0.4 is 103 Å². The molecule has 0 aromatic heterocycles. The third-order valence-electron chi connectivity index (χ3n) is 1.42. The molecule has 4 nitrogen and oxygen atoms in total. The van der Waals surface area contributed by atoms with Crippen molar-refractivity contribution in [2.24, 2.45) is 0 Å². The van der Waals surface area contributed by atoms with E-state index in [0.29, 0.717) is 0 Å². The van der Waals surface area contributed by atoms with Gasteiger partial charge in [0.15, 0.2) is 0 Å². The molecule has 0 aliphatic heterocycles. The number of hydrogen-bond acceptors (Lipinski definition) is 2. The Labute approximate surface area is 167 Å². The predicted octanol–water partition coefficient (Wildman–Crippen LogP) is -3.92. The van der Waals surface area contributed by atoms with E-state index < -0.39 is 11.8 Å². The fourth-order valence-electron chi connectivity index (χ4n) is 0.879. The zero-order valence-corrected chi connectivity index (χ0v) is 14.4. The summed E-state index contributed by atoms with van der Waals surface area (Å²) in [5, 5.41) is 0. The summed E-state index contributed by atoms with van der Waals surface area (Å²) >= 11 is 0. The van der Waals surface area contributed by atoms with E-state index in [1.165, 1.54) is 12.1 Å². The molecule has 62 valence electrons. The van der Waals surface area contributed by atoms with Crippen LogP contribution in [0.25, 0.3) is 11.5 Å². The number of benzene rings is 1. The van der Waals surface area contributed by atoms with E-state index in [2.05, 4.69) is 0 Å². The second kappa shape index (κ2) is 8.57. The van der Waals surface area contributed by atoms with Crippen molar-refractivity contribution in [1.82, 2.24) is 0 Å². The van der Waals surface area contributed by atoms with Gasteiger partial charge >= 0.3 is 103 Å². The van der Waals surface area contributed by atoms with Crippen molar-refractivity contribution in [3.63, 3.8) is 0 Å². The quantitative estimate of drug-likeness (QED) is 0.495. The van der Waals surface area contributed by atoms with Crippen molar-refractivity contribution in [1.29, 1.82) is 0 Å². The van der Waals surface area contributed by atoms with Gasteiger partial charge in [-0.1, -0.05) is 24.3 Å². The molecule has 1 aromatic rings. The van der Waals surface area contributed by atoms with Crippen LogP contribution in [0.5, 0.6) is 0 Å². The predicted molar refractivity (Wildman–Crippen MR) is 43.7 cm³/mol. The minimum absolute atomic E-state index is 0. The molecule has 0 saturated heterocycles. The summed E-state index contributed by atoms with van der Waals surface area (Å²) in [6, 6.07) is 5.82. The van der Waals surface area contributed by atoms with Gasteiger partial charge in [0.1, 0.15) is 0 Å². The van der Waals surface area contributed by atoms with Gasteiger partial charge in [-0.15, -0.1) is 0 Å². The van der Waals surface area contributed by atoms with Gasteiger partial charge in [0.25, 0.3) is 0 Å². The Kier molecular flexibility index (Phi) is 10.9. The SMILES string of the molecule is [K+].[K+].[NH-]C(=O)c1ccccc1C([NH-])=O. The van der Waals surface area contributed by atoms with E-state index in [9.17, 15) is 9.59 Å². The van der Waals surface area contributed by atoms with Crippen LogP contribution in [0.2, 0.25) is 0 Å². The van der Waals surface area contributed by atoms with Crippen LogP contribution in [0.4, 0.5) is 0 Å². The first-order chi connectivity index (χ1) is 5.63. The molecule has 1 rings (SSSR count). The minimum Gasteiger partial charge on any atom is -0.664 e. The maximum atomic E-state index is 10.6. The van der Waals surface area contributed by atoms with Gasteiger partial charge in [-0.2, -0.15) is 0 Å². The number of amides is 2. The van der Waals surface area contributed by atoms with E-state index in [4.69, 9.17) is 11.5 Å². The standard InChI is InChI=1S/C8H8N2O2.2K/c9-7(11)5-3-1-2-4-6(5)8(10)12;;/h1-4H,(H4,9,10,11,12);;/q;2*+1/p-2. The largest absolute Gasteiger partial charge is 1.00 e. The zero-order valence-electron chi connectivity index (χ0n) is 8.13. The van der Waals surface area contributed by atoms with Gasteiger partial charge in [0.05, 0.1) is 11.8 Å². The van der Waals surface area contributed by atoms with Crippen LogP contribution in [0.3, 0.4) is 0 Å². The first kappa shape index (κ1) is 17.8. The van der Waals surface area contributed by atoms with Gasteiger partial charge in [-0.3, -0.25) is 0 Å². The first-order valence-electron chi connectivity index (χ1n) is 3.24. The Morgan fingerprint density at radius 3 is 1.36 bits per heavy atom. The van der Waals surface area contributed by atoms with Crippen molar-refractivity contribution in [3.8, 4) is 0 Å². The molecule has 0 atom stereocenters. The van der Waals surface area contributed by atoms with Crippen LogP contribution in [0, 0.1) is 0 Å². The zero-order chi connectivity index (χ0) is 9.14. The number of hydrogen-bond donors (Lipinski definition) is 0. The van der Waals surface area contributed by atoms with Crippen LogP contribution in [0.15, 0.2) is 24.3 Å². The molecule has 0 bridgehead atoms. The molecule has 2 amide bonds. The Bertz CT molecular complexity index is 309. The van der Waals surface area contributed by atoms with Crippen molar-refractivity contribution in [2.75, 3.05) is 0 Å². The Hall–Kier alpha value is 1.43. The van der Waals surface area contributed by atoms with Gasteiger partial charge in [-0.25, -0.2) is 0 Å². The normalized spacial score (nSPS) is 8.00. The fourth-order valence-corrected chi connectivity index (χ4v) is 0.879. The van der Waals surface area contributed by atoms with Gasteiger partial charge in [-0.05, 0) is 0 Å². The van der Waals surface area contributed by atoms with E-state index in [1.807, 2.05) is 0 Å². The first-order valence-corrected chi connectivity index (χ1v) is 3.24. The molecule has 0 radical (unpaired) electrons. The molecule has 0 spiro atoms. The second-order valence-corrected chi connectivity index (χ2v) is 2.20. The molecule has 0 heterocycles. The van der Waals surface area contributed by atoms with Gasteiger partial charge < -0.3 is 21.1 Å². The Balaban J connectivity index is 0. The van der Waals surface area contributed by atoms with Crippen LogP contribution in [-0.2, 0) is 0 Å². The van der Waals surface area contributed by atoms with Gasteiger partial charge in [0.2, 0.25) is 0 Å². The smallest absolute Gasteiger partial charge is 0.664 e. The average molecular weight is 240 g/mol. The third kappa shape index (κ3) is 4.97. The summed E-state index contributed by atoms with van der Waals surface area (Å²) in [6.07, 6.45) is 0. The molecular formula is C8H6K2N2O2. The molecule has 0 unspecified atom stereocenters. The maximum absolute atomic E-state index is 10.6. The van der Waals surface area contributed by atoms with E-state index in [0.717, 1.165) is 0 Å². The third-order valence-corrected chi connectivity index (χ3v) is 1.42. The van der Waals surface area contributed by atoms with Gasteiger partial charge in [0, 0.05) is 11.1 Å². The molecule has 1 aromatic carbocycles. The summed E-state index contributed by atoms with van der Waals surface area (Å²) in [5.41, 5.74) is 13.5. The van der Waals surface area contributed by atoms with Crippen molar-refractivity contribution in [3.05, 3.63) is 46.9 Å². The summed E-state index contributed by atoms with van der Waals surface area (Å²) in [4.78, 5) is 21.2. The number of nitrogens with one attached hydrogen (secondary N) is 2. The summed E-state index contributed by atoms with van der Waals surface area (Å²) < 4.78 is 0. The average Bonchev–Trinajstić information content (AvgIpc) is 2.04. The number of carbonyl (C=O) groups is 2. The monoisotopic (exact) mass is 240 g/mol. The second-order valence-electron chi connectivity index (χ2n) is 2.20.